The van der Waals surface area contributed by atoms with Gasteiger partial charge in [-0.1, -0.05) is 0 Å². The zero-order chi connectivity index (χ0) is 17.1. The van der Waals surface area contributed by atoms with Gasteiger partial charge in [0.15, 0.2) is 0 Å². The van der Waals surface area contributed by atoms with Crippen molar-refractivity contribution in [3.63, 3.8) is 0 Å². The predicted octanol–water partition coefficient (Wildman–Crippen LogP) is 2.84. The van der Waals surface area contributed by atoms with Gasteiger partial charge in [-0.2, -0.15) is 0 Å². The van der Waals surface area contributed by atoms with E-state index in [9.17, 15) is 0 Å². The first-order chi connectivity index (χ1) is 12.3. The number of furan rings is 1. The van der Waals surface area contributed by atoms with Crippen LogP contribution in [0, 0.1) is 0 Å². The standard InChI is InChI=1S/C20H27N3O2/c1-22(15-19-3-2-8-25-19)13-16-11-21-12-17-14-23(7-4-20(16)17)18-5-9-24-10-6-18/h2-3,8,11-12,18H,4-7,9-10,13-15H2,1H3. The van der Waals surface area contributed by atoms with Gasteiger partial charge in [0.2, 0.25) is 0 Å². The Morgan fingerprint density at radius 2 is 2.12 bits per heavy atom. The molecule has 5 heteroatoms. The van der Waals surface area contributed by atoms with Gasteiger partial charge in [-0.3, -0.25) is 14.8 Å². The molecular weight excluding hydrogens is 314 g/mol. The highest BCUT2D eigenvalue weighted by molar-refractivity contribution is 5.34. The Kier molecular flexibility index (Phi) is 5.15. The zero-order valence-electron chi connectivity index (χ0n) is 15.0. The Morgan fingerprint density at radius 1 is 1.24 bits per heavy atom. The Hall–Kier alpha value is -1.69. The molecule has 0 unspecified atom stereocenters. The van der Waals surface area contributed by atoms with Crippen LogP contribution in [0.2, 0.25) is 0 Å². The van der Waals surface area contributed by atoms with Crippen molar-refractivity contribution >= 4 is 0 Å². The summed E-state index contributed by atoms with van der Waals surface area (Å²) in [5.74, 6) is 1.01. The summed E-state index contributed by atoms with van der Waals surface area (Å²) in [7, 11) is 2.14. The molecule has 0 aromatic carbocycles. The summed E-state index contributed by atoms with van der Waals surface area (Å²) >= 11 is 0. The molecule has 0 aliphatic carbocycles. The van der Waals surface area contributed by atoms with Crippen LogP contribution >= 0.6 is 0 Å². The lowest BCUT2D eigenvalue weighted by Crippen LogP contribution is -2.42. The van der Waals surface area contributed by atoms with Crippen molar-refractivity contribution in [1.82, 2.24) is 14.8 Å². The third-order valence-electron chi connectivity index (χ3n) is 5.41. The van der Waals surface area contributed by atoms with Crippen LogP contribution in [-0.4, -0.2) is 47.6 Å². The minimum absolute atomic E-state index is 0.673. The maximum atomic E-state index is 5.51. The molecule has 2 aromatic heterocycles. The molecule has 0 amide bonds. The minimum atomic E-state index is 0.673. The molecule has 0 radical (unpaired) electrons. The maximum Gasteiger partial charge on any atom is 0.117 e. The second-order valence-electron chi connectivity index (χ2n) is 7.25. The fraction of sp³-hybridized carbons (Fsp3) is 0.550. The number of ether oxygens (including phenoxy) is 1. The number of pyridine rings is 1. The Morgan fingerprint density at radius 3 is 2.92 bits per heavy atom. The molecule has 25 heavy (non-hydrogen) atoms. The van der Waals surface area contributed by atoms with Crippen LogP contribution < -0.4 is 0 Å². The summed E-state index contributed by atoms with van der Waals surface area (Å²) in [6.45, 7) is 5.73. The number of nitrogens with zero attached hydrogens (tertiary/aromatic N) is 3. The molecule has 0 atom stereocenters. The van der Waals surface area contributed by atoms with Gasteiger partial charge in [-0.25, -0.2) is 0 Å². The van der Waals surface area contributed by atoms with Gasteiger partial charge in [0.05, 0.1) is 12.8 Å². The SMILES string of the molecule is CN(Cc1ccco1)Cc1cncc2c1CCN(C1CCOCC1)C2. The van der Waals surface area contributed by atoms with Crippen LogP contribution in [0.25, 0.3) is 0 Å². The van der Waals surface area contributed by atoms with Crippen molar-refractivity contribution in [3.05, 3.63) is 53.2 Å². The quantitative estimate of drug-likeness (QED) is 0.836. The van der Waals surface area contributed by atoms with Crippen LogP contribution in [0.1, 0.15) is 35.3 Å². The molecule has 1 saturated heterocycles. The average Bonchev–Trinajstić information content (AvgIpc) is 3.15. The van der Waals surface area contributed by atoms with Gasteiger partial charge in [0, 0.05) is 51.3 Å². The van der Waals surface area contributed by atoms with Crippen molar-refractivity contribution in [2.75, 3.05) is 26.8 Å². The van der Waals surface area contributed by atoms with Crippen molar-refractivity contribution < 1.29 is 9.15 Å². The molecule has 4 heterocycles. The van der Waals surface area contributed by atoms with E-state index in [0.29, 0.717) is 6.04 Å². The van der Waals surface area contributed by atoms with Gasteiger partial charge in [-0.15, -0.1) is 0 Å². The number of aromatic nitrogens is 1. The Balaban J connectivity index is 1.43. The summed E-state index contributed by atoms with van der Waals surface area (Å²) in [5, 5.41) is 0. The van der Waals surface area contributed by atoms with Crippen LogP contribution in [0.4, 0.5) is 0 Å². The van der Waals surface area contributed by atoms with Crippen molar-refractivity contribution in [3.8, 4) is 0 Å². The third-order valence-corrected chi connectivity index (χ3v) is 5.41. The van der Waals surface area contributed by atoms with Gasteiger partial charge in [0.25, 0.3) is 0 Å². The van der Waals surface area contributed by atoms with E-state index >= 15 is 0 Å². The molecular formula is C20H27N3O2. The summed E-state index contributed by atoms with van der Waals surface area (Å²) in [5.41, 5.74) is 4.27. The lowest BCUT2D eigenvalue weighted by molar-refractivity contribution is 0.0289. The minimum Gasteiger partial charge on any atom is -0.468 e. The largest absolute Gasteiger partial charge is 0.468 e. The number of fused-ring (bicyclic) bond motifs is 1. The normalized spacial score (nSPS) is 19.3. The third kappa shape index (κ3) is 3.94. The average molecular weight is 341 g/mol. The highest BCUT2D eigenvalue weighted by Crippen LogP contribution is 2.26. The van der Waals surface area contributed by atoms with E-state index in [-0.39, 0.29) is 0 Å². The monoisotopic (exact) mass is 341 g/mol. The molecule has 2 aliphatic rings. The van der Waals surface area contributed by atoms with Gasteiger partial charge >= 0.3 is 0 Å². The number of hydrogen-bond donors (Lipinski definition) is 0. The van der Waals surface area contributed by atoms with E-state index in [2.05, 4.69) is 28.0 Å². The topological polar surface area (TPSA) is 41.7 Å². The fourth-order valence-electron chi connectivity index (χ4n) is 4.10. The maximum absolute atomic E-state index is 5.51. The van der Waals surface area contributed by atoms with Crippen LogP contribution in [-0.2, 0) is 30.8 Å². The highest BCUT2D eigenvalue weighted by Gasteiger charge is 2.26. The van der Waals surface area contributed by atoms with Gasteiger partial charge in [-0.05, 0) is 55.1 Å². The van der Waals surface area contributed by atoms with E-state index < -0.39 is 0 Å². The van der Waals surface area contributed by atoms with E-state index in [1.165, 1.54) is 16.7 Å². The molecule has 2 aliphatic heterocycles. The summed E-state index contributed by atoms with van der Waals surface area (Å²) < 4.78 is 11.0. The van der Waals surface area contributed by atoms with Crippen LogP contribution in [0.3, 0.4) is 0 Å². The lowest BCUT2D eigenvalue weighted by Gasteiger charge is -2.38. The molecule has 2 aromatic rings. The Labute approximate surface area is 149 Å². The molecule has 0 N–H and O–H groups in total. The molecule has 134 valence electrons. The summed E-state index contributed by atoms with van der Waals surface area (Å²) in [4.78, 5) is 9.45. The van der Waals surface area contributed by atoms with Crippen molar-refractivity contribution in [2.45, 2.75) is 44.9 Å². The molecule has 0 spiro atoms. The van der Waals surface area contributed by atoms with E-state index in [4.69, 9.17) is 9.15 Å². The smallest absolute Gasteiger partial charge is 0.117 e. The fourth-order valence-corrected chi connectivity index (χ4v) is 4.10. The van der Waals surface area contributed by atoms with Crippen LogP contribution in [0.15, 0.2) is 35.2 Å². The second kappa shape index (κ2) is 7.68. The summed E-state index contributed by atoms with van der Waals surface area (Å²) in [6, 6.07) is 4.65. The lowest BCUT2D eigenvalue weighted by atomic mass is 9.94. The molecule has 5 nitrogen and oxygen atoms in total. The van der Waals surface area contributed by atoms with E-state index in [1.54, 1.807) is 6.26 Å². The van der Waals surface area contributed by atoms with Crippen molar-refractivity contribution in [1.29, 1.82) is 0 Å². The van der Waals surface area contributed by atoms with Gasteiger partial charge in [0.1, 0.15) is 5.76 Å². The highest BCUT2D eigenvalue weighted by atomic mass is 16.5. The van der Waals surface area contributed by atoms with E-state index in [1.807, 2.05) is 18.3 Å². The van der Waals surface area contributed by atoms with Gasteiger partial charge < -0.3 is 9.15 Å². The van der Waals surface area contributed by atoms with E-state index in [0.717, 1.165) is 64.4 Å². The number of hydrogen-bond acceptors (Lipinski definition) is 5. The zero-order valence-corrected chi connectivity index (χ0v) is 15.0. The molecule has 0 saturated carbocycles. The first kappa shape index (κ1) is 16.8. The first-order valence-corrected chi connectivity index (χ1v) is 9.27. The second-order valence-corrected chi connectivity index (χ2v) is 7.25. The molecule has 4 rings (SSSR count). The first-order valence-electron chi connectivity index (χ1n) is 9.27. The number of rotatable bonds is 5. The summed E-state index contributed by atoms with van der Waals surface area (Å²) in [6.07, 6.45) is 9.29. The van der Waals surface area contributed by atoms with Crippen LogP contribution in [0.5, 0.6) is 0 Å². The Bertz CT molecular complexity index is 680. The molecule has 1 fully saturated rings. The molecule has 0 bridgehead atoms. The predicted molar refractivity (Wildman–Crippen MR) is 96.1 cm³/mol. The van der Waals surface area contributed by atoms with Crippen molar-refractivity contribution in [2.24, 2.45) is 0 Å².